The Kier molecular flexibility index (Phi) is 7.65. The molecule has 6 nitrogen and oxygen atoms in total. The minimum atomic E-state index is -2.94. The van der Waals surface area contributed by atoms with Gasteiger partial charge in [-0.15, -0.1) is 0 Å². The van der Waals surface area contributed by atoms with Crippen molar-refractivity contribution in [3.63, 3.8) is 0 Å². The van der Waals surface area contributed by atoms with Crippen LogP contribution in [0.2, 0.25) is 0 Å². The molecule has 2 fully saturated rings. The molecular weight excluding hydrogens is 394 g/mol. The van der Waals surface area contributed by atoms with Gasteiger partial charge in [0.1, 0.15) is 0 Å². The molecule has 164 valence electrons. The Hall–Kier alpha value is -2.64. The van der Waals surface area contributed by atoms with Crippen molar-refractivity contribution < 1.29 is 27.8 Å². The van der Waals surface area contributed by atoms with Crippen molar-refractivity contribution in [2.45, 2.75) is 39.2 Å². The topological polar surface area (TPSA) is 59.1 Å². The van der Waals surface area contributed by atoms with Gasteiger partial charge in [0.15, 0.2) is 11.5 Å². The summed E-state index contributed by atoms with van der Waals surface area (Å²) in [5.41, 5.74) is 0.642. The van der Waals surface area contributed by atoms with Gasteiger partial charge in [-0.3, -0.25) is 9.59 Å². The number of nitrogens with zero attached hydrogens (tertiary/aromatic N) is 2. The van der Waals surface area contributed by atoms with E-state index < -0.39 is 6.61 Å². The van der Waals surface area contributed by atoms with Gasteiger partial charge in [0.25, 0.3) is 0 Å². The Morgan fingerprint density at radius 3 is 2.40 bits per heavy atom. The van der Waals surface area contributed by atoms with Crippen LogP contribution in [0.4, 0.5) is 8.78 Å². The number of rotatable bonds is 7. The number of hydrogen-bond acceptors (Lipinski definition) is 4. The first-order valence-corrected chi connectivity index (χ1v) is 10.5. The lowest BCUT2D eigenvalue weighted by Gasteiger charge is -2.35. The van der Waals surface area contributed by atoms with Gasteiger partial charge < -0.3 is 19.3 Å². The standard InChI is InChI=1S/C22H28F2N2O4/c1-2-29-19-15-16(7-9-18(19)30-22(23)24)8-10-20(27)25-11-13-26(14-12-25)21(28)17-5-3-4-6-17/h7-10,15,17,22H,2-6,11-14H2,1H3/b10-8+. The third-order valence-corrected chi connectivity index (χ3v) is 5.51. The minimum absolute atomic E-state index is 0.0432. The second-order valence-electron chi connectivity index (χ2n) is 7.48. The summed E-state index contributed by atoms with van der Waals surface area (Å²) in [6.07, 6.45) is 7.28. The van der Waals surface area contributed by atoms with Gasteiger partial charge in [-0.2, -0.15) is 8.78 Å². The largest absolute Gasteiger partial charge is 0.490 e. The second kappa shape index (κ2) is 10.4. The predicted octanol–water partition coefficient (Wildman–Crippen LogP) is 3.56. The zero-order valence-electron chi connectivity index (χ0n) is 17.2. The molecule has 30 heavy (non-hydrogen) atoms. The first-order valence-electron chi connectivity index (χ1n) is 10.5. The molecule has 1 saturated heterocycles. The molecule has 0 aromatic heterocycles. The number of halogens is 2. The normalized spacial score (nSPS) is 17.7. The third kappa shape index (κ3) is 5.70. The highest BCUT2D eigenvalue weighted by molar-refractivity contribution is 5.92. The Balaban J connectivity index is 1.55. The number of piperazine rings is 1. The molecule has 0 spiro atoms. The van der Waals surface area contributed by atoms with Crippen LogP contribution in [0.1, 0.15) is 38.2 Å². The van der Waals surface area contributed by atoms with Gasteiger partial charge in [0.05, 0.1) is 6.61 Å². The van der Waals surface area contributed by atoms with Crippen molar-refractivity contribution in [3.05, 3.63) is 29.8 Å². The van der Waals surface area contributed by atoms with Crippen LogP contribution in [0.15, 0.2) is 24.3 Å². The Labute approximate surface area is 175 Å². The van der Waals surface area contributed by atoms with E-state index in [1.54, 1.807) is 30.0 Å². The summed E-state index contributed by atoms with van der Waals surface area (Å²) < 4.78 is 34.8. The van der Waals surface area contributed by atoms with Crippen molar-refractivity contribution in [2.24, 2.45) is 5.92 Å². The molecule has 1 aliphatic heterocycles. The van der Waals surface area contributed by atoms with Crippen LogP contribution in [0.5, 0.6) is 11.5 Å². The number of carbonyl (C=O) groups excluding carboxylic acids is 2. The summed E-state index contributed by atoms with van der Waals surface area (Å²) in [5, 5.41) is 0. The lowest BCUT2D eigenvalue weighted by Crippen LogP contribution is -2.51. The maximum Gasteiger partial charge on any atom is 0.387 e. The van der Waals surface area contributed by atoms with E-state index in [1.807, 2.05) is 4.90 Å². The quantitative estimate of drug-likeness (QED) is 0.631. The van der Waals surface area contributed by atoms with Gasteiger partial charge in [0.2, 0.25) is 11.8 Å². The predicted molar refractivity (Wildman–Crippen MR) is 108 cm³/mol. The molecule has 1 heterocycles. The SMILES string of the molecule is CCOc1cc(/C=C/C(=O)N2CCN(C(=O)C3CCCC3)CC2)ccc1OC(F)F. The van der Waals surface area contributed by atoms with E-state index in [1.165, 1.54) is 12.1 Å². The third-order valence-electron chi connectivity index (χ3n) is 5.51. The van der Waals surface area contributed by atoms with E-state index in [-0.39, 0.29) is 29.2 Å². The van der Waals surface area contributed by atoms with E-state index >= 15 is 0 Å². The number of ether oxygens (including phenoxy) is 2. The average molecular weight is 422 g/mol. The number of alkyl halides is 2. The van der Waals surface area contributed by atoms with Crippen molar-refractivity contribution in [3.8, 4) is 11.5 Å². The van der Waals surface area contributed by atoms with Crippen LogP contribution in [0.3, 0.4) is 0 Å². The van der Waals surface area contributed by atoms with E-state index in [9.17, 15) is 18.4 Å². The number of carbonyl (C=O) groups is 2. The van der Waals surface area contributed by atoms with Gasteiger partial charge in [-0.25, -0.2) is 0 Å². The summed E-state index contributed by atoms with van der Waals surface area (Å²) in [4.78, 5) is 28.6. The molecule has 2 amide bonds. The number of benzene rings is 1. The second-order valence-corrected chi connectivity index (χ2v) is 7.48. The fourth-order valence-corrected chi connectivity index (χ4v) is 3.94. The first kappa shape index (κ1) is 22.1. The van der Waals surface area contributed by atoms with E-state index in [2.05, 4.69) is 4.74 Å². The summed E-state index contributed by atoms with van der Waals surface area (Å²) >= 11 is 0. The maximum absolute atomic E-state index is 12.5. The van der Waals surface area contributed by atoms with Crippen LogP contribution < -0.4 is 9.47 Å². The molecule has 0 unspecified atom stereocenters. The monoisotopic (exact) mass is 422 g/mol. The maximum atomic E-state index is 12.5. The Morgan fingerprint density at radius 1 is 1.10 bits per heavy atom. The van der Waals surface area contributed by atoms with E-state index in [0.29, 0.717) is 38.3 Å². The average Bonchev–Trinajstić information content (AvgIpc) is 3.28. The summed E-state index contributed by atoms with van der Waals surface area (Å²) in [5.74, 6) is 0.395. The number of amides is 2. The van der Waals surface area contributed by atoms with Crippen molar-refractivity contribution in [1.29, 1.82) is 0 Å². The molecular formula is C22H28F2N2O4. The van der Waals surface area contributed by atoms with Crippen molar-refractivity contribution in [1.82, 2.24) is 9.80 Å². The molecule has 1 saturated carbocycles. The molecule has 2 aliphatic rings. The lowest BCUT2D eigenvalue weighted by atomic mass is 10.1. The van der Waals surface area contributed by atoms with Gasteiger partial charge in [-0.05, 0) is 43.5 Å². The molecule has 1 aromatic rings. The highest BCUT2D eigenvalue weighted by Crippen LogP contribution is 2.30. The van der Waals surface area contributed by atoms with Gasteiger partial charge in [-0.1, -0.05) is 18.9 Å². The Bertz CT molecular complexity index is 770. The van der Waals surface area contributed by atoms with Gasteiger partial charge >= 0.3 is 6.61 Å². The van der Waals surface area contributed by atoms with Crippen molar-refractivity contribution in [2.75, 3.05) is 32.8 Å². The van der Waals surface area contributed by atoms with Crippen LogP contribution in [0, 0.1) is 5.92 Å². The van der Waals surface area contributed by atoms with Crippen LogP contribution in [-0.2, 0) is 9.59 Å². The summed E-state index contributed by atoms with van der Waals surface area (Å²) in [7, 11) is 0. The van der Waals surface area contributed by atoms with E-state index in [4.69, 9.17) is 4.74 Å². The van der Waals surface area contributed by atoms with Crippen LogP contribution >= 0.6 is 0 Å². The lowest BCUT2D eigenvalue weighted by molar-refractivity contribution is -0.140. The molecule has 0 atom stereocenters. The molecule has 1 aliphatic carbocycles. The molecule has 0 radical (unpaired) electrons. The summed E-state index contributed by atoms with van der Waals surface area (Å²) in [6.45, 7) is 1.24. The molecule has 0 bridgehead atoms. The molecule has 1 aromatic carbocycles. The highest BCUT2D eigenvalue weighted by Gasteiger charge is 2.30. The van der Waals surface area contributed by atoms with Crippen LogP contribution in [0.25, 0.3) is 6.08 Å². The summed E-state index contributed by atoms with van der Waals surface area (Å²) in [6, 6.07) is 4.54. The zero-order valence-corrected chi connectivity index (χ0v) is 17.2. The fraction of sp³-hybridized carbons (Fsp3) is 0.545. The minimum Gasteiger partial charge on any atom is -0.490 e. The number of hydrogen-bond donors (Lipinski definition) is 0. The molecule has 8 heteroatoms. The zero-order chi connectivity index (χ0) is 21.5. The first-order chi connectivity index (χ1) is 14.5. The smallest absolute Gasteiger partial charge is 0.387 e. The molecule has 3 rings (SSSR count). The molecule has 0 N–H and O–H groups in total. The van der Waals surface area contributed by atoms with Crippen LogP contribution in [-0.4, -0.2) is 61.0 Å². The van der Waals surface area contributed by atoms with Gasteiger partial charge in [0, 0.05) is 38.2 Å². The fourth-order valence-electron chi connectivity index (χ4n) is 3.94. The highest BCUT2D eigenvalue weighted by atomic mass is 19.3. The van der Waals surface area contributed by atoms with Crippen molar-refractivity contribution >= 4 is 17.9 Å². The van der Waals surface area contributed by atoms with E-state index in [0.717, 1.165) is 25.7 Å². The Morgan fingerprint density at radius 2 is 1.77 bits per heavy atom.